The largest absolute Gasteiger partial charge is 0.508 e. The van der Waals surface area contributed by atoms with Gasteiger partial charge in [-0.15, -0.1) is 24.2 Å². The molecule has 2 aromatic carbocycles. The molecule has 36 heavy (non-hydrogen) atoms. The molecule has 0 aromatic heterocycles. The molecule has 4 atom stereocenters. The molecule has 2 saturated heterocycles. The molecule has 2 aliphatic rings. The minimum atomic E-state index is -1.03. The van der Waals surface area contributed by atoms with Crippen molar-refractivity contribution in [1.82, 2.24) is 10.2 Å². The van der Waals surface area contributed by atoms with Gasteiger partial charge in [0.05, 0.1) is 4.92 Å². The Labute approximate surface area is 216 Å². The molecule has 4 N–H and O–H groups in total. The van der Waals surface area contributed by atoms with Crippen LogP contribution in [0.3, 0.4) is 0 Å². The van der Waals surface area contributed by atoms with Gasteiger partial charge in [-0.3, -0.25) is 19.7 Å². The van der Waals surface area contributed by atoms with Crippen molar-refractivity contribution < 1.29 is 29.2 Å². The maximum absolute atomic E-state index is 12.9. The average Bonchev–Trinajstić information content (AvgIpc) is 3.08. The lowest BCUT2D eigenvalue weighted by atomic mass is 9.95. The van der Waals surface area contributed by atoms with Crippen LogP contribution in [0, 0.1) is 10.1 Å². The molecule has 2 heterocycles. The first-order valence-corrected chi connectivity index (χ1v) is 11.6. The number of nitrogens with zero attached hydrogens (tertiary/aromatic N) is 2. The molecule has 2 aromatic rings. The normalized spacial score (nSPS) is 22.5. The molecule has 13 heteroatoms. The number of nitro benzene ring substituents is 1. The Hall–Kier alpha value is -3.35. The summed E-state index contributed by atoms with van der Waals surface area (Å²) >= 11 is 1.38. The molecular weight excluding hydrogens is 512 g/mol. The topological polar surface area (TPSA) is 165 Å². The summed E-state index contributed by atoms with van der Waals surface area (Å²) in [4.78, 5) is 50.2. The Morgan fingerprint density at radius 3 is 2.42 bits per heavy atom. The first kappa shape index (κ1) is 27.2. The third-order valence-corrected chi connectivity index (χ3v) is 7.60. The number of ether oxygens (including phenoxy) is 1. The van der Waals surface area contributed by atoms with Crippen LogP contribution in [0.2, 0.25) is 0 Å². The van der Waals surface area contributed by atoms with Crippen LogP contribution in [0.4, 0.5) is 5.69 Å². The molecule has 0 saturated carbocycles. The second-order valence-corrected chi connectivity index (χ2v) is 10.6. The molecule has 2 amide bonds. The fraction of sp³-hybridized carbons (Fsp3) is 0.348. The predicted molar refractivity (Wildman–Crippen MR) is 133 cm³/mol. The zero-order valence-corrected chi connectivity index (χ0v) is 21.0. The molecule has 1 unspecified atom stereocenters. The number of non-ortho nitro benzene ring substituents is 1. The average molecular weight is 537 g/mol. The highest BCUT2D eigenvalue weighted by Gasteiger charge is 2.64. The van der Waals surface area contributed by atoms with Crippen molar-refractivity contribution >= 4 is 47.6 Å². The molecule has 0 spiro atoms. The van der Waals surface area contributed by atoms with E-state index in [2.05, 4.69) is 5.32 Å². The van der Waals surface area contributed by atoms with E-state index in [1.54, 1.807) is 0 Å². The number of phenolic OH excluding ortho intramolecular Hbond substituents is 1. The van der Waals surface area contributed by atoms with Gasteiger partial charge in [-0.2, -0.15) is 0 Å². The Kier molecular flexibility index (Phi) is 7.82. The molecule has 2 aliphatic heterocycles. The summed E-state index contributed by atoms with van der Waals surface area (Å²) in [6.07, 6.45) is 0. The highest BCUT2D eigenvalue weighted by molar-refractivity contribution is 8.01. The second kappa shape index (κ2) is 10.3. The Balaban J connectivity index is 0.00000361. The second-order valence-electron chi connectivity index (χ2n) is 8.85. The minimum Gasteiger partial charge on any atom is -0.508 e. The number of benzene rings is 2. The minimum absolute atomic E-state index is 0. The van der Waals surface area contributed by atoms with E-state index in [4.69, 9.17) is 10.5 Å². The van der Waals surface area contributed by atoms with Crippen molar-refractivity contribution in [3.05, 3.63) is 69.8 Å². The molecule has 0 aliphatic carbocycles. The quantitative estimate of drug-likeness (QED) is 0.208. The van der Waals surface area contributed by atoms with Crippen molar-refractivity contribution in [3.8, 4) is 5.75 Å². The standard InChI is InChI=1S/C23H24N4O7S.ClH/c1-23(2)18(22(31)34-11-12-3-7-14(8-4-12)27(32)33)26-20(30)17(21(26)35-23)25-19(29)16(24)13-5-9-15(28)10-6-13;/h3-10,16-18,21,28H,11,24H2,1-2H3,(H,25,29);1H/t16?,17-,18+,21-;/m1./s1. The number of thioether (sulfide) groups is 1. The maximum atomic E-state index is 12.9. The van der Waals surface area contributed by atoms with Gasteiger partial charge in [0, 0.05) is 16.9 Å². The number of nitrogens with one attached hydrogen (secondary N) is 1. The Morgan fingerprint density at radius 2 is 1.83 bits per heavy atom. The SMILES string of the molecule is CC1(C)S[C@@H]2[C@H](NC(=O)C(N)c3ccc(O)cc3)C(=O)N2[C@H]1C(=O)OCc1ccc([N+](=O)[O-])cc1.Cl. The summed E-state index contributed by atoms with van der Waals surface area (Å²) in [6.45, 7) is 3.55. The highest BCUT2D eigenvalue weighted by atomic mass is 35.5. The zero-order valence-electron chi connectivity index (χ0n) is 19.3. The Bertz CT molecular complexity index is 1180. The van der Waals surface area contributed by atoms with E-state index < -0.39 is 51.0 Å². The van der Waals surface area contributed by atoms with Crippen LogP contribution in [0.15, 0.2) is 48.5 Å². The fourth-order valence-electron chi connectivity index (χ4n) is 4.15. The molecule has 11 nitrogen and oxygen atoms in total. The van der Waals surface area contributed by atoms with E-state index in [1.165, 1.54) is 65.2 Å². The number of fused-ring (bicyclic) bond motifs is 1. The smallest absolute Gasteiger partial charge is 0.330 e. The monoisotopic (exact) mass is 536 g/mol. The summed E-state index contributed by atoms with van der Waals surface area (Å²) in [7, 11) is 0. The van der Waals surface area contributed by atoms with Crippen LogP contribution < -0.4 is 11.1 Å². The van der Waals surface area contributed by atoms with Gasteiger partial charge in [-0.1, -0.05) is 12.1 Å². The number of rotatable bonds is 7. The number of esters is 1. The van der Waals surface area contributed by atoms with Crippen LogP contribution in [0.5, 0.6) is 5.75 Å². The lowest BCUT2D eigenvalue weighted by Gasteiger charge is -2.44. The molecule has 0 bridgehead atoms. The number of carbonyl (C=O) groups excluding carboxylic acids is 3. The van der Waals surface area contributed by atoms with Gasteiger partial charge in [0.2, 0.25) is 11.8 Å². The molecule has 4 rings (SSSR count). The van der Waals surface area contributed by atoms with Crippen molar-refractivity contribution in [2.45, 2.75) is 48.7 Å². The number of hydrogen-bond donors (Lipinski definition) is 3. The van der Waals surface area contributed by atoms with Gasteiger partial charge in [0.15, 0.2) is 0 Å². The van der Waals surface area contributed by atoms with Crippen molar-refractivity contribution in [3.63, 3.8) is 0 Å². The number of aromatic hydroxyl groups is 1. The number of amides is 2. The summed E-state index contributed by atoms with van der Waals surface area (Å²) < 4.78 is 4.75. The number of hydrogen-bond acceptors (Lipinski definition) is 9. The first-order valence-electron chi connectivity index (χ1n) is 10.7. The Morgan fingerprint density at radius 1 is 1.22 bits per heavy atom. The number of β-lactam (4-membered cyclic amide) rings is 1. The summed E-state index contributed by atoms with van der Waals surface area (Å²) in [5.41, 5.74) is 7.00. The van der Waals surface area contributed by atoms with Crippen LogP contribution in [-0.2, 0) is 25.7 Å². The number of nitro groups is 1. The number of phenols is 1. The van der Waals surface area contributed by atoms with E-state index in [0.717, 1.165) is 0 Å². The van der Waals surface area contributed by atoms with Gasteiger partial charge < -0.3 is 25.8 Å². The highest BCUT2D eigenvalue weighted by Crippen LogP contribution is 2.51. The number of nitrogens with two attached hydrogens (primary N) is 1. The molecule has 2 fully saturated rings. The van der Waals surface area contributed by atoms with Crippen molar-refractivity contribution in [2.24, 2.45) is 5.73 Å². The van der Waals surface area contributed by atoms with Crippen molar-refractivity contribution in [1.29, 1.82) is 0 Å². The summed E-state index contributed by atoms with van der Waals surface area (Å²) in [5, 5.41) is 22.4. The summed E-state index contributed by atoms with van der Waals surface area (Å²) in [5.74, 6) is -1.50. The van der Waals surface area contributed by atoms with Crippen molar-refractivity contribution in [2.75, 3.05) is 0 Å². The first-order chi connectivity index (χ1) is 16.5. The van der Waals surface area contributed by atoms with Crippen LogP contribution >= 0.6 is 24.2 Å². The third-order valence-electron chi connectivity index (χ3n) is 6.02. The summed E-state index contributed by atoms with van der Waals surface area (Å²) in [6, 6.07) is 8.82. The van der Waals surface area contributed by atoms with Crippen LogP contribution in [-0.4, -0.2) is 54.9 Å². The van der Waals surface area contributed by atoms with Gasteiger partial charge in [-0.05, 0) is 49.2 Å². The predicted octanol–water partition coefficient (Wildman–Crippen LogP) is 2.01. The third kappa shape index (κ3) is 5.11. The van der Waals surface area contributed by atoms with Gasteiger partial charge >= 0.3 is 5.97 Å². The number of carbonyl (C=O) groups is 3. The van der Waals surface area contributed by atoms with Gasteiger partial charge in [-0.25, -0.2) is 4.79 Å². The van der Waals surface area contributed by atoms with E-state index in [1.807, 2.05) is 13.8 Å². The van der Waals surface area contributed by atoms with Gasteiger partial charge in [0.25, 0.3) is 5.69 Å². The van der Waals surface area contributed by atoms with Crippen LogP contribution in [0.25, 0.3) is 0 Å². The van der Waals surface area contributed by atoms with E-state index >= 15 is 0 Å². The zero-order chi connectivity index (χ0) is 25.5. The van der Waals surface area contributed by atoms with E-state index in [-0.39, 0.29) is 30.5 Å². The van der Waals surface area contributed by atoms with Gasteiger partial charge in [0.1, 0.15) is 35.9 Å². The fourth-order valence-corrected chi connectivity index (χ4v) is 5.77. The van der Waals surface area contributed by atoms with E-state index in [0.29, 0.717) is 11.1 Å². The maximum Gasteiger partial charge on any atom is 0.330 e. The lowest BCUT2D eigenvalue weighted by Crippen LogP contribution is -2.71. The molecular formula is C23H25ClN4O7S. The number of halogens is 1. The van der Waals surface area contributed by atoms with Crippen LogP contribution in [0.1, 0.15) is 31.0 Å². The van der Waals surface area contributed by atoms with E-state index in [9.17, 15) is 29.6 Å². The molecule has 192 valence electrons. The molecule has 0 radical (unpaired) electrons. The lowest BCUT2D eigenvalue weighted by molar-refractivity contribution is -0.384.